The molecule has 0 saturated heterocycles. The van der Waals surface area contributed by atoms with Crippen LogP contribution in [0, 0.1) is 0 Å². The lowest BCUT2D eigenvalue weighted by Crippen LogP contribution is -2.24. The standard InChI is InChI=1S/C40H24N2O10/c43-33(21-51-39(49)25-7-3-1-4-8-25)23-11-15-27(16-12-23)41-35(45)29-19-31-32(20-30(29)36(41)46)38(48)42(37(31)47)28-17-13-24(14-18-28)34(44)22-52-40(50)26-9-5-2-6-10-26/h1-20H,21-22H2. The molecule has 12 heteroatoms. The van der Waals surface area contributed by atoms with Crippen molar-refractivity contribution >= 4 is 45.0 Å². The molecule has 0 amide bonds. The van der Waals surface area contributed by atoms with Crippen LogP contribution in [0.15, 0.2) is 141 Å². The molecule has 254 valence electrons. The van der Waals surface area contributed by atoms with Crippen molar-refractivity contribution in [2.45, 2.75) is 0 Å². The minimum atomic E-state index is -0.729. The Morgan fingerprint density at radius 2 is 0.712 bits per heavy atom. The van der Waals surface area contributed by atoms with E-state index in [1.807, 2.05) is 0 Å². The highest BCUT2D eigenvalue weighted by Gasteiger charge is 2.22. The summed E-state index contributed by atoms with van der Waals surface area (Å²) in [5.41, 5.74) is -1.67. The number of hydrogen-bond donors (Lipinski definition) is 0. The number of ketones is 2. The third kappa shape index (κ3) is 6.05. The molecule has 5 aromatic carbocycles. The maximum Gasteiger partial charge on any atom is 0.338 e. The van der Waals surface area contributed by atoms with Gasteiger partial charge < -0.3 is 9.47 Å². The number of aromatic nitrogens is 2. The largest absolute Gasteiger partial charge is 0.454 e. The minimum Gasteiger partial charge on any atom is -0.454 e. The van der Waals surface area contributed by atoms with Crippen molar-refractivity contribution in [2.75, 3.05) is 13.2 Å². The molecule has 7 aromatic rings. The van der Waals surface area contributed by atoms with Gasteiger partial charge >= 0.3 is 11.9 Å². The van der Waals surface area contributed by atoms with E-state index in [4.69, 9.17) is 9.47 Å². The summed E-state index contributed by atoms with van der Waals surface area (Å²) >= 11 is 0. The lowest BCUT2D eigenvalue weighted by atomic mass is 10.1. The Labute approximate surface area is 292 Å². The van der Waals surface area contributed by atoms with Crippen LogP contribution < -0.4 is 22.2 Å². The van der Waals surface area contributed by atoms with E-state index in [1.165, 1.54) is 60.7 Å². The zero-order valence-electron chi connectivity index (χ0n) is 26.9. The number of hydrogen-bond acceptors (Lipinski definition) is 10. The predicted octanol–water partition coefficient (Wildman–Crippen LogP) is 3.97. The molecule has 0 aliphatic rings. The SMILES string of the molecule is O=C(COC(=O)c1ccccc1)c1ccc(-n2c(=O)c3cc4c(=O)n(-c5ccc(C(=O)COC(=O)c6ccccc6)cc5)c(=O)c4cc3c2=O)cc1. The molecule has 12 nitrogen and oxygen atoms in total. The average molecular weight is 693 g/mol. The van der Waals surface area contributed by atoms with E-state index >= 15 is 0 Å². The van der Waals surface area contributed by atoms with Gasteiger partial charge in [-0.2, -0.15) is 0 Å². The summed E-state index contributed by atoms with van der Waals surface area (Å²) in [5.74, 6) is -2.31. The lowest BCUT2D eigenvalue weighted by Gasteiger charge is -2.06. The Hall–Kier alpha value is -7.34. The van der Waals surface area contributed by atoms with Gasteiger partial charge in [0.05, 0.1) is 44.0 Å². The number of esters is 2. The molecule has 0 unspecified atom stereocenters. The molecule has 0 bridgehead atoms. The molecule has 7 rings (SSSR count). The second kappa shape index (κ2) is 13.5. The maximum absolute atomic E-state index is 13.5. The van der Waals surface area contributed by atoms with Crippen LogP contribution in [0.4, 0.5) is 0 Å². The summed E-state index contributed by atoms with van der Waals surface area (Å²) in [7, 11) is 0. The average Bonchev–Trinajstić information content (AvgIpc) is 3.58. The molecular formula is C40H24N2O10. The third-order valence-electron chi connectivity index (χ3n) is 8.47. The summed E-state index contributed by atoms with van der Waals surface area (Å²) in [6.07, 6.45) is 0. The molecule has 0 N–H and O–H groups in total. The van der Waals surface area contributed by atoms with Gasteiger partial charge in [-0.15, -0.1) is 0 Å². The van der Waals surface area contributed by atoms with E-state index in [0.29, 0.717) is 11.1 Å². The van der Waals surface area contributed by atoms with Crippen LogP contribution in [0.2, 0.25) is 0 Å². The van der Waals surface area contributed by atoms with E-state index in [0.717, 1.165) is 9.13 Å². The van der Waals surface area contributed by atoms with Crippen molar-refractivity contribution in [3.05, 3.63) is 185 Å². The van der Waals surface area contributed by atoms with Crippen molar-refractivity contribution in [3.8, 4) is 11.4 Å². The molecular weight excluding hydrogens is 668 g/mol. The normalized spacial score (nSPS) is 11.1. The lowest BCUT2D eigenvalue weighted by molar-refractivity contribution is 0.0472. The van der Waals surface area contributed by atoms with Crippen LogP contribution in [0.5, 0.6) is 0 Å². The van der Waals surface area contributed by atoms with Gasteiger partial charge in [0.25, 0.3) is 22.2 Å². The van der Waals surface area contributed by atoms with Gasteiger partial charge in [0.15, 0.2) is 24.8 Å². The molecule has 0 fully saturated rings. The molecule has 0 saturated carbocycles. The van der Waals surface area contributed by atoms with Crippen molar-refractivity contribution in [1.82, 2.24) is 9.13 Å². The van der Waals surface area contributed by atoms with Crippen molar-refractivity contribution in [3.63, 3.8) is 0 Å². The van der Waals surface area contributed by atoms with E-state index in [2.05, 4.69) is 0 Å². The molecule has 0 radical (unpaired) electrons. The number of nitrogens with zero attached hydrogens (tertiary/aromatic N) is 2. The van der Waals surface area contributed by atoms with Gasteiger partial charge in [-0.1, -0.05) is 36.4 Å². The Balaban J connectivity index is 1.11. The van der Waals surface area contributed by atoms with Gasteiger partial charge in [-0.25, -0.2) is 18.7 Å². The third-order valence-corrected chi connectivity index (χ3v) is 8.47. The molecule has 2 heterocycles. The second-order valence-corrected chi connectivity index (χ2v) is 11.7. The van der Waals surface area contributed by atoms with Crippen LogP contribution in [0.1, 0.15) is 41.4 Å². The summed E-state index contributed by atoms with van der Waals surface area (Å²) in [6.45, 7) is -1.03. The van der Waals surface area contributed by atoms with Crippen molar-refractivity contribution < 1.29 is 28.7 Å². The van der Waals surface area contributed by atoms with Crippen molar-refractivity contribution in [1.29, 1.82) is 0 Å². The zero-order chi connectivity index (χ0) is 36.5. The number of benzene rings is 5. The van der Waals surface area contributed by atoms with Gasteiger partial charge in [0.1, 0.15) is 0 Å². The first-order valence-electron chi connectivity index (χ1n) is 15.8. The number of fused-ring (bicyclic) bond motifs is 2. The van der Waals surface area contributed by atoms with E-state index in [9.17, 15) is 38.4 Å². The Morgan fingerprint density at radius 3 is 1.02 bits per heavy atom. The van der Waals surface area contributed by atoms with E-state index < -0.39 is 59.0 Å². The fourth-order valence-electron chi connectivity index (χ4n) is 5.78. The first kappa shape index (κ1) is 33.2. The topological polar surface area (TPSA) is 165 Å². The fraction of sp³-hybridized carbons (Fsp3) is 0.0500. The summed E-state index contributed by atoms with van der Waals surface area (Å²) in [5, 5.41) is -0.312. The van der Waals surface area contributed by atoms with Crippen LogP contribution in [-0.2, 0) is 9.47 Å². The molecule has 0 atom stereocenters. The monoisotopic (exact) mass is 692 g/mol. The summed E-state index contributed by atoms with van der Waals surface area (Å²) in [4.78, 5) is 103. The molecule has 2 aromatic heterocycles. The number of ether oxygens (including phenoxy) is 2. The quantitative estimate of drug-likeness (QED) is 0.151. The Bertz CT molecular complexity index is 2490. The number of rotatable bonds is 10. The first-order valence-corrected chi connectivity index (χ1v) is 15.8. The number of carbonyl (C=O) groups is 4. The predicted molar refractivity (Wildman–Crippen MR) is 190 cm³/mol. The van der Waals surface area contributed by atoms with E-state index in [-0.39, 0.29) is 44.0 Å². The van der Waals surface area contributed by atoms with Gasteiger partial charge in [-0.05, 0) is 84.9 Å². The van der Waals surface area contributed by atoms with Crippen LogP contribution in [0.3, 0.4) is 0 Å². The molecule has 0 spiro atoms. The Kier molecular flexibility index (Phi) is 8.62. The van der Waals surface area contributed by atoms with E-state index in [1.54, 1.807) is 60.7 Å². The Morgan fingerprint density at radius 1 is 0.404 bits per heavy atom. The highest BCUT2D eigenvalue weighted by atomic mass is 16.5. The second-order valence-electron chi connectivity index (χ2n) is 11.7. The highest BCUT2D eigenvalue weighted by molar-refractivity contribution is 6.01. The minimum absolute atomic E-state index is 0.0780. The summed E-state index contributed by atoms with van der Waals surface area (Å²) in [6, 6.07) is 29.9. The summed E-state index contributed by atoms with van der Waals surface area (Å²) < 4.78 is 11.9. The van der Waals surface area contributed by atoms with Crippen LogP contribution >= 0.6 is 0 Å². The van der Waals surface area contributed by atoms with Gasteiger partial charge in [-0.3, -0.25) is 28.8 Å². The number of carbonyl (C=O) groups excluding carboxylic acids is 4. The smallest absolute Gasteiger partial charge is 0.338 e. The van der Waals surface area contributed by atoms with Crippen LogP contribution in [0.25, 0.3) is 32.9 Å². The first-order chi connectivity index (χ1) is 25.1. The zero-order valence-corrected chi connectivity index (χ0v) is 26.9. The van der Waals surface area contributed by atoms with Crippen LogP contribution in [-0.4, -0.2) is 45.9 Å². The van der Waals surface area contributed by atoms with Crippen molar-refractivity contribution in [2.24, 2.45) is 0 Å². The maximum atomic E-state index is 13.5. The van der Waals surface area contributed by atoms with Gasteiger partial charge in [0.2, 0.25) is 0 Å². The number of Topliss-reactive ketones (excluding diaryl/α,β-unsaturated/α-hetero) is 2. The molecule has 0 aliphatic carbocycles. The molecule has 0 aliphatic heterocycles. The highest BCUT2D eigenvalue weighted by Crippen LogP contribution is 2.18. The molecule has 52 heavy (non-hydrogen) atoms. The fourth-order valence-corrected chi connectivity index (χ4v) is 5.78. The van der Waals surface area contributed by atoms with Gasteiger partial charge in [0, 0.05) is 11.1 Å².